The maximum absolute atomic E-state index is 13.2. The second-order valence-corrected chi connectivity index (χ2v) is 7.83. The molecule has 2 heterocycles. The summed E-state index contributed by atoms with van der Waals surface area (Å²) in [5.41, 5.74) is 2.54. The van der Waals surface area contributed by atoms with Crippen LogP contribution in [0.2, 0.25) is 0 Å². The molecule has 2 aromatic carbocycles. The SMILES string of the molecule is Cc1cc(C)c(-c2ccc(C(F)(F)F)cn2)c(C(=O)Nc2ccc3cc(C(=O)O)cnc3c2)c1. The number of carboxylic acid groups (broad SMARTS) is 1. The highest BCUT2D eigenvalue weighted by Gasteiger charge is 2.31. The summed E-state index contributed by atoms with van der Waals surface area (Å²) in [5, 5.41) is 12.5. The van der Waals surface area contributed by atoms with Crippen LogP contribution in [0.5, 0.6) is 0 Å². The number of hydrogen-bond acceptors (Lipinski definition) is 4. The van der Waals surface area contributed by atoms with Crippen molar-refractivity contribution in [3.8, 4) is 11.3 Å². The number of carbonyl (C=O) groups excluding carboxylic acids is 1. The quantitative estimate of drug-likeness (QED) is 0.393. The van der Waals surface area contributed by atoms with E-state index in [4.69, 9.17) is 5.11 Å². The summed E-state index contributed by atoms with van der Waals surface area (Å²) < 4.78 is 38.8. The zero-order valence-corrected chi connectivity index (χ0v) is 18.1. The minimum atomic E-state index is -4.51. The second kappa shape index (κ2) is 8.58. The van der Waals surface area contributed by atoms with E-state index in [9.17, 15) is 22.8 Å². The molecule has 2 aromatic heterocycles. The minimum absolute atomic E-state index is 0.0493. The van der Waals surface area contributed by atoms with Crippen LogP contribution in [0.25, 0.3) is 22.2 Å². The number of rotatable bonds is 4. The zero-order chi connectivity index (χ0) is 24.6. The van der Waals surface area contributed by atoms with Crippen molar-refractivity contribution in [1.29, 1.82) is 0 Å². The average Bonchev–Trinajstić information content (AvgIpc) is 2.77. The standard InChI is InChI=1S/C25H18F3N3O3/c1-13-7-14(2)22(20-6-4-17(12-30-20)25(26,27)28)19(8-13)23(32)31-18-5-3-15-9-16(24(33)34)11-29-21(15)10-18/h3-12H,1-2H3,(H,31,32)(H,33,34). The lowest BCUT2D eigenvalue weighted by Gasteiger charge is -2.15. The maximum Gasteiger partial charge on any atom is 0.417 e. The highest BCUT2D eigenvalue weighted by molar-refractivity contribution is 6.09. The molecule has 9 heteroatoms. The average molecular weight is 465 g/mol. The summed E-state index contributed by atoms with van der Waals surface area (Å²) in [4.78, 5) is 32.4. The van der Waals surface area contributed by atoms with Gasteiger partial charge in [0.25, 0.3) is 5.91 Å². The fourth-order valence-electron chi connectivity index (χ4n) is 3.71. The number of hydrogen-bond donors (Lipinski definition) is 2. The molecule has 0 saturated carbocycles. The van der Waals surface area contributed by atoms with E-state index in [1.54, 1.807) is 31.2 Å². The number of amides is 1. The first-order valence-electron chi connectivity index (χ1n) is 10.1. The maximum atomic E-state index is 13.2. The highest BCUT2D eigenvalue weighted by atomic mass is 19.4. The molecule has 4 aromatic rings. The molecule has 0 fully saturated rings. The number of carboxylic acids is 1. The predicted molar refractivity (Wildman–Crippen MR) is 121 cm³/mol. The Morgan fingerprint density at radius 1 is 0.941 bits per heavy atom. The molecule has 0 aliphatic carbocycles. The van der Waals surface area contributed by atoms with Crippen LogP contribution in [0, 0.1) is 13.8 Å². The van der Waals surface area contributed by atoms with Gasteiger partial charge in [0.15, 0.2) is 0 Å². The van der Waals surface area contributed by atoms with Gasteiger partial charge in [0.1, 0.15) is 0 Å². The molecule has 0 aliphatic rings. The molecule has 172 valence electrons. The molecular weight excluding hydrogens is 447 g/mol. The molecule has 0 saturated heterocycles. The number of nitrogens with zero attached hydrogens (tertiary/aromatic N) is 2. The monoisotopic (exact) mass is 465 g/mol. The van der Waals surface area contributed by atoms with Crippen molar-refractivity contribution in [3.05, 3.63) is 88.7 Å². The Morgan fingerprint density at radius 2 is 1.71 bits per heavy atom. The summed E-state index contributed by atoms with van der Waals surface area (Å²) in [7, 11) is 0. The van der Waals surface area contributed by atoms with E-state index in [0.29, 0.717) is 27.7 Å². The van der Waals surface area contributed by atoms with Gasteiger partial charge < -0.3 is 10.4 Å². The zero-order valence-electron chi connectivity index (χ0n) is 18.1. The van der Waals surface area contributed by atoms with Crippen molar-refractivity contribution in [1.82, 2.24) is 9.97 Å². The molecule has 2 N–H and O–H groups in total. The fraction of sp³-hybridized carbons (Fsp3) is 0.120. The van der Waals surface area contributed by atoms with Gasteiger partial charge in [0, 0.05) is 34.6 Å². The van der Waals surface area contributed by atoms with Crippen molar-refractivity contribution < 1.29 is 27.9 Å². The van der Waals surface area contributed by atoms with Gasteiger partial charge in [-0.15, -0.1) is 0 Å². The van der Waals surface area contributed by atoms with Crippen molar-refractivity contribution in [2.45, 2.75) is 20.0 Å². The Bertz CT molecular complexity index is 1430. The number of nitrogens with one attached hydrogen (secondary N) is 1. The number of pyridine rings is 2. The number of aromatic nitrogens is 2. The second-order valence-electron chi connectivity index (χ2n) is 7.83. The third kappa shape index (κ3) is 4.59. The Morgan fingerprint density at radius 3 is 2.35 bits per heavy atom. The number of benzene rings is 2. The Kier molecular flexibility index (Phi) is 5.78. The van der Waals surface area contributed by atoms with Gasteiger partial charge >= 0.3 is 12.1 Å². The van der Waals surface area contributed by atoms with Crippen LogP contribution in [0.4, 0.5) is 18.9 Å². The van der Waals surface area contributed by atoms with Crippen molar-refractivity contribution in [2.24, 2.45) is 0 Å². The van der Waals surface area contributed by atoms with E-state index < -0.39 is 23.6 Å². The number of carbonyl (C=O) groups is 2. The molecule has 0 spiro atoms. The van der Waals surface area contributed by atoms with E-state index in [-0.39, 0.29) is 16.8 Å². The summed E-state index contributed by atoms with van der Waals surface area (Å²) in [5.74, 6) is -1.56. The number of fused-ring (bicyclic) bond motifs is 1. The van der Waals surface area contributed by atoms with Crippen molar-refractivity contribution in [2.75, 3.05) is 5.32 Å². The lowest BCUT2D eigenvalue weighted by atomic mass is 9.95. The number of anilines is 1. The van der Waals surface area contributed by atoms with Gasteiger partial charge in [-0.25, -0.2) is 4.79 Å². The molecular formula is C25H18F3N3O3. The molecule has 4 rings (SSSR count). The lowest BCUT2D eigenvalue weighted by molar-refractivity contribution is -0.137. The van der Waals surface area contributed by atoms with Gasteiger partial charge in [-0.2, -0.15) is 13.2 Å². The van der Waals surface area contributed by atoms with Crippen LogP contribution in [0.15, 0.2) is 60.9 Å². The van der Waals surface area contributed by atoms with Gasteiger partial charge in [0.2, 0.25) is 0 Å². The van der Waals surface area contributed by atoms with Crippen molar-refractivity contribution >= 4 is 28.5 Å². The van der Waals surface area contributed by atoms with E-state index in [1.165, 1.54) is 18.3 Å². The third-order valence-electron chi connectivity index (χ3n) is 5.26. The molecule has 0 aliphatic heterocycles. The summed E-state index contributed by atoms with van der Waals surface area (Å²) in [6.45, 7) is 3.58. The molecule has 1 amide bonds. The first-order chi connectivity index (χ1) is 16.0. The Labute approximate surface area is 192 Å². The molecule has 6 nitrogen and oxygen atoms in total. The molecule has 34 heavy (non-hydrogen) atoms. The van der Waals surface area contributed by atoms with E-state index in [2.05, 4.69) is 15.3 Å². The molecule has 0 bridgehead atoms. The lowest BCUT2D eigenvalue weighted by Crippen LogP contribution is -2.14. The van der Waals surface area contributed by atoms with E-state index >= 15 is 0 Å². The molecule has 0 atom stereocenters. The van der Waals surface area contributed by atoms with Crippen LogP contribution in [-0.2, 0) is 6.18 Å². The van der Waals surface area contributed by atoms with Crippen LogP contribution in [0.3, 0.4) is 0 Å². The van der Waals surface area contributed by atoms with Crippen LogP contribution < -0.4 is 5.32 Å². The summed E-state index contributed by atoms with van der Waals surface area (Å²) >= 11 is 0. The van der Waals surface area contributed by atoms with E-state index in [0.717, 1.165) is 17.8 Å². The Hall–Kier alpha value is -4.27. The Balaban J connectivity index is 1.70. The first-order valence-corrected chi connectivity index (χ1v) is 10.1. The van der Waals surface area contributed by atoms with Gasteiger partial charge in [-0.05, 0) is 55.8 Å². The van der Waals surface area contributed by atoms with Crippen LogP contribution >= 0.6 is 0 Å². The number of aromatic carboxylic acids is 1. The fourth-order valence-corrected chi connectivity index (χ4v) is 3.71. The molecule has 0 radical (unpaired) electrons. The molecule has 0 unspecified atom stereocenters. The normalized spacial score (nSPS) is 11.4. The highest BCUT2D eigenvalue weighted by Crippen LogP contribution is 2.32. The van der Waals surface area contributed by atoms with Crippen LogP contribution in [-0.4, -0.2) is 27.0 Å². The minimum Gasteiger partial charge on any atom is -0.478 e. The van der Waals surface area contributed by atoms with Crippen LogP contribution in [0.1, 0.15) is 37.4 Å². The van der Waals surface area contributed by atoms with Gasteiger partial charge in [-0.3, -0.25) is 14.8 Å². The van der Waals surface area contributed by atoms with E-state index in [1.807, 2.05) is 13.0 Å². The van der Waals surface area contributed by atoms with Gasteiger partial charge in [-0.1, -0.05) is 17.7 Å². The summed E-state index contributed by atoms with van der Waals surface area (Å²) in [6.07, 6.45) is -2.53. The van der Waals surface area contributed by atoms with Gasteiger partial charge in [0.05, 0.1) is 22.3 Å². The van der Waals surface area contributed by atoms with Crippen molar-refractivity contribution in [3.63, 3.8) is 0 Å². The smallest absolute Gasteiger partial charge is 0.417 e. The first kappa shape index (κ1) is 22.9. The number of halogens is 3. The predicted octanol–water partition coefficient (Wildman–Crippen LogP) is 5.88. The largest absolute Gasteiger partial charge is 0.478 e. The number of aryl methyl sites for hydroxylation is 2. The summed E-state index contributed by atoms with van der Waals surface area (Å²) in [6, 6.07) is 12.0. The number of alkyl halides is 3. The third-order valence-corrected chi connectivity index (χ3v) is 5.26. The topological polar surface area (TPSA) is 92.2 Å².